The van der Waals surface area contributed by atoms with Crippen molar-refractivity contribution in [2.24, 2.45) is 0 Å². The zero-order chi connectivity index (χ0) is 10.0. The number of hydrogen-bond donors (Lipinski definition) is 0. The fraction of sp³-hybridized carbons (Fsp3) is 0.500. The van der Waals surface area contributed by atoms with Crippen molar-refractivity contribution >= 4 is 6.91 Å². The SMILES string of the molecule is FC(F)(COC1CC1)c1cbccc1. The Morgan fingerprint density at radius 1 is 1.50 bits per heavy atom. The number of hydrogen-bond acceptors (Lipinski definition) is 1. The van der Waals surface area contributed by atoms with Gasteiger partial charge >= 0.3 is 81.5 Å². The van der Waals surface area contributed by atoms with Gasteiger partial charge < -0.3 is 0 Å². The van der Waals surface area contributed by atoms with E-state index in [4.69, 9.17) is 4.74 Å². The van der Waals surface area contributed by atoms with Crippen LogP contribution in [0.1, 0.15) is 18.4 Å². The van der Waals surface area contributed by atoms with Crippen LogP contribution in [0.25, 0.3) is 0 Å². The molecule has 1 heterocycles. The predicted octanol–water partition coefficient (Wildman–Crippen LogP) is 2.30. The quantitative estimate of drug-likeness (QED) is 0.717. The summed E-state index contributed by atoms with van der Waals surface area (Å²) < 4.78 is 31.9. The molecule has 1 aromatic heterocycles. The summed E-state index contributed by atoms with van der Waals surface area (Å²) in [7, 11) is 0. The first-order chi connectivity index (χ1) is 6.68. The zero-order valence-electron chi connectivity index (χ0n) is 7.75. The normalized spacial score (nSPS) is 16.7. The Labute approximate surface area is 82.3 Å². The maximum atomic E-state index is 13.4. The van der Waals surface area contributed by atoms with E-state index in [0.29, 0.717) is 0 Å². The molecule has 1 aliphatic carbocycles. The van der Waals surface area contributed by atoms with Crippen LogP contribution in [0, 0.1) is 0 Å². The van der Waals surface area contributed by atoms with Gasteiger partial charge in [0.05, 0.1) is 0 Å². The van der Waals surface area contributed by atoms with Gasteiger partial charge in [0.25, 0.3) is 0 Å². The molecule has 0 unspecified atom stereocenters. The minimum atomic E-state index is -2.86. The first-order valence-corrected chi connectivity index (χ1v) is 4.73. The van der Waals surface area contributed by atoms with Gasteiger partial charge in [-0.05, 0) is 0 Å². The molecule has 0 radical (unpaired) electrons. The zero-order valence-corrected chi connectivity index (χ0v) is 7.75. The Morgan fingerprint density at radius 3 is 2.86 bits per heavy atom. The van der Waals surface area contributed by atoms with Crippen LogP contribution in [0.3, 0.4) is 0 Å². The second-order valence-electron chi connectivity index (χ2n) is 3.58. The molecule has 1 aromatic rings. The van der Waals surface area contributed by atoms with Crippen LogP contribution in [-0.2, 0) is 10.7 Å². The Balaban J connectivity index is 1.99. The van der Waals surface area contributed by atoms with E-state index in [1.165, 1.54) is 12.0 Å². The first-order valence-electron chi connectivity index (χ1n) is 4.73. The van der Waals surface area contributed by atoms with Gasteiger partial charge in [0.1, 0.15) is 0 Å². The summed E-state index contributed by atoms with van der Waals surface area (Å²) >= 11 is 0. The first kappa shape index (κ1) is 9.78. The van der Waals surface area contributed by atoms with Crippen molar-refractivity contribution in [1.82, 2.24) is 0 Å². The molecule has 1 fully saturated rings. The third-order valence-electron chi connectivity index (χ3n) is 2.22. The molecular formula is C10H11BF2O. The third-order valence-corrected chi connectivity index (χ3v) is 2.22. The summed E-state index contributed by atoms with van der Waals surface area (Å²) in [5.74, 6) is 0.293. The van der Waals surface area contributed by atoms with Gasteiger partial charge in [-0.25, -0.2) is 0 Å². The number of rotatable bonds is 4. The van der Waals surface area contributed by atoms with Crippen LogP contribution < -0.4 is 0 Å². The van der Waals surface area contributed by atoms with E-state index in [9.17, 15) is 8.78 Å². The van der Waals surface area contributed by atoms with Crippen molar-refractivity contribution in [3.05, 3.63) is 29.6 Å². The molecule has 0 saturated heterocycles. The molecule has 1 saturated carbocycles. The molecule has 0 N–H and O–H groups in total. The van der Waals surface area contributed by atoms with E-state index in [1.807, 2.05) is 0 Å². The van der Waals surface area contributed by atoms with Crippen molar-refractivity contribution in [3.63, 3.8) is 0 Å². The predicted molar refractivity (Wildman–Crippen MR) is 50.7 cm³/mol. The second kappa shape index (κ2) is 3.77. The average molecular weight is 196 g/mol. The molecule has 4 heteroatoms. The van der Waals surface area contributed by atoms with Crippen molar-refractivity contribution in [2.45, 2.75) is 24.9 Å². The monoisotopic (exact) mass is 196 g/mol. The summed E-state index contributed by atoms with van der Waals surface area (Å²) in [5.41, 5.74) is 0.0284. The summed E-state index contributed by atoms with van der Waals surface area (Å²) in [6.07, 6.45) is 1.92. The molecule has 0 bridgehead atoms. The molecule has 0 spiro atoms. The molecule has 0 atom stereocenters. The Hall–Kier alpha value is -0.765. The van der Waals surface area contributed by atoms with Crippen LogP contribution in [0.15, 0.2) is 24.1 Å². The second-order valence-corrected chi connectivity index (χ2v) is 3.58. The van der Waals surface area contributed by atoms with Crippen LogP contribution >= 0.6 is 0 Å². The molecule has 2 rings (SSSR count). The molecule has 14 heavy (non-hydrogen) atoms. The van der Waals surface area contributed by atoms with E-state index in [2.05, 4.69) is 0 Å². The van der Waals surface area contributed by atoms with Crippen LogP contribution in [0.2, 0.25) is 0 Å². The van der Waals surface area contributed by atoms with Gasteiger partial charge in [0.2, 0.25) is 0 Å². The fourth-order valence-electron chi connectivity index (χ4n) is 1.22. The fourth-order valence-corrected chi connectivity index (χ4v) is 1.22. The van der Waals surface area contributed by atoms with Crippen molar-refractivity contribution < 1.29 is 13.5 Å². The van der Waals surface area contributed by atoms with Gasteiger partial charge in [0, 0.05) is 0 Å². The van der Waals surface area contributed by atoms with Gasteiger partial charge in [-0.2, -0.15) is 0 Å². The molecule has 74 valence electrons. The molecule has 1 nitrogen and oxygen atoms in total. The van der Waals surface area contributed by atoms with E-state index in [0.717, 1.165) is 12.8 Å². The average Bonchev–Trinajstić information content (AvgIpc) is 3.00. The third kappa shape index (κ3) is 2.38. The standard InChI is InChI=1S/C10H11BF2O/c12-10(13,7-14-9-3-4-9)8-2-1-5-11-6-8/h1-2,5-6,9H,3-4,7H2. The summed E-state index contributed by atoms with van der Waals surface area (Å²) in [6.45, 7) is 1.11. The summed E-state index contributed by atoms with van der Waals surface area (Å²) in [5, 5.41) is 0. The van der Waals surface area contributed by atoms with E-state index < -0.39 is 12.5 Å². The van der Waals surface area contributed by atoms with E-state index >= 15 is 0 Å². The number of alkyl halides is 2. The molecular weight excluding hydrogens is 185 g/mol. The molecule has 0 aliphatic heterocycles. The molecule has 0 amide bonds. The topological polar surface area (TPSA) is 9.23 Å². The Kier molecular flexibility index (Phi) is 2.63. The number of halogens is 2. The van der Waals surface area contributed by atoms with E-state index in [-0.39, 0.29) is 11.7 Å². The van der Waals surface area contributed by atoms with Crippen LogP contribution in [-0.4, -0.2) is 19.6 Å². The van der Waals surface area contributed by atoms with Crippen molar-refractivity contribution in [2.75, 3.05) is 6.61 Å². The summed E-state index contributed by atoms with van der Waals surface area (Å²) in [6, 6.07) is 3.04. The Morgan fingerprint density at radius 2 is 2.29 bits per heavy atom. The van der Waals surface area contributed by atoms with E-state index in [1.54, 1.807) is 18.9 Å². The number of ether oxygens (including phenoxy) is 1. The molecule has 0 aromatic carbocycles. The van der Waals surface area contributed by atoms with Crippen molar-refractivity contribution in [1.29, 1.82) is 0 Å². The van der Waals surface area contributed by atoms with Gasteiger partial charge in [-0.15, -0.1) is 0 Å². The van der Waals surface area contributed by atoms with Gasteiger partial charge in [-0.1, -0.05) is 0 Å². The van der Waals surface area contributed by atoms with Crippen LogP contribution in [0.4, 0.5) is 8.78 Å². The van der Waals surface area contributed by atoms with Gasteiger partial charge in [-0.3, -0.25) is 0 Å². The summed E-state index contributed by atoms with van der Waals surface area (Å²) in [4.78, 5) is 0. The Bertz CT molecular complexity index is 298. The van der Waals surface area contributed by atoms with Gasteiger partial charge in [0.15, 0.2) is 0 Å². The molecule has 1 aliphatic rings. The maximum absolute atomic E-state index is 13.4. The minimum absolute atomic E-state index is 0.0284. The van der Waals surface area contributed by atoms with Crippen molar-refractivity contribution in [3.8, 4) is 0 Å². The van der Waals surface area contributed by atoms with Crippen LogP contribution in [0.5, 0.6) is 0 Å².